The fourth-order valence-corrected chi connectivity index (χ4v) is 1.66. The molecular formula is C13H24N2O5. The van der Waals surface area contributed by atoms with Crippen LogP contribution in [-0.2, 0) is 14.3 Å². The van der Waals surface area contributed by atoms with Crippen molar-refractivity contribution in [1.82, 2.24) is 10.6 Å². The quantitative estimate of drug-likeness (QED) is 0.606. The minimum absolute atomic E-state index is 0.123. The molecule has 2 unspecified atom stereocenters. The van der Waals surface area contributed by atoms with Crippen LogP contribution < -0.4 is 10.6 Å². The maximum Gasteiger partial charge on any atom is 0.328 e. The average molecular weight is 288 g/mol. The molecule has 0 aromatic rings. The average Bonchev–Trinajstić information content (AvgIpc) is 2.33. The summed E-state index contributed by atoms with van der Waals surface area (Å²) in [6.45, 7) is 7.23. The number of carbonyl (C=O) groups excluding carboxylic acids is 2. The molecule has 20 heavy (non-hydrogen) atoms. The zero-order valence-corrected chi connectivity index (χ0v) is 12.6. The number of hydrogen-bond acceptors (Lipinski definition) is 4. The highest BCUT2D eigenvalue weighted by Crippen LogP contribution is 2.06. The molecule has 3 N–H and O–H groups in total. The van der Waals surface area contributed by atoms with Gasteiger partial charge >= 0.3 is 18.0 Å². The Labute approximate surface area is 119 Å². The Morgan fingerprint density at radius 2 is 1.65 bits per heavy atom. The van der Waals surface area contributed by atoms with Crippen LogP contribution in [0.3, 0.4) is 0 Å². The van der Waals surface area contributed by atoms with Crippen molar-refractivity contribution in [1.29, 1.82) is 0 Å². The Bertz CT molecular complexity index is 355. The van der Waals surface area contributed by atoms with Gasteiger partial charge in [0.1, 0.15) is 12.1 Å². The molecule has 0 radical (unpaired) electrons. The number of nitrogens with one attached hydrogen (secondary N) is 2. The van der Waals surface area contributed by atoms with E-state index in [9.17, 15) is 14.4 Å². The SMILES string of the molecule is COC(=O)C(NC(=O)NC(CC(C)C)C(=O)O)C(C)C. The van der Waals surface area contributed by atoms with E-state index in [4.69, 9.17) is 5.11 Å². The van der Waals surface area contributed by atoms with Crippen molar-refractivity contribution in [3.05, 3.63) is 0 Å². The number of carboxylic acids is 1. The summed E-state index contributed by atoms with van der Waals surface area (Å²) in [6.07, 6.45) is 0.313. The van der Waals surface area contributed by atoms with E-state index in [0.29, 0.717) is 6.42 Å². The highest BCUT2D eigenvalue weighted by Gasteiger charge is 2.27. The predicted molar refractivity (Wildman–Crippen MR) is 73.2 cm³/mol. The van der Waals surface area contributed by atoms with Crippen LogP contribution in [0.1, 0.15) is 34.1 Å². The van der Waals surface area contributed by atoms with Crippen LogP contribution in [0, 0.1) is 11.8 Å². The molecule has 0 rings (SSSR count). The third-order valence-corrected chi connectivity index (χ3v) is 2.72. The van der Waals surface area contributed by atoms with E-state index >= 15 is 0 Å². The Balaban J connectivity index is 4.64. The minimum atomic E-state index is -1.10. The van der Waals surface area contributed by atoms with Gasteiger partial charge < -0.3 is 20.5 Å². The molecule has 0 saturated carbocycles. The second-order valence-electron chi connectivity index (χ2n) is 5.38. The monoisotopic (exact) mass is 288 g/mol. The Kier molecular flexibility index (Phi) is 7.64. The molecule has 0 aliphatic rings. The Hall–Kier alpha value is -1.79. The van der Waals surface area contributed by atoms with Gasteiger partial charge in [0.25, 0.3) is 0 Å². The van der Waals surface area contributed by atoms with Crippen molar-refractivity contribution >= 4 is 18.0 Å². The topological polar surface area (TPSA) is 105 Å². The fraction of sp³-hybridized carbons (Fsp3) is 0.769. The van der Waals surface area contributed by atoms with Crippen LogP contribution in [-0.4, -0.2) is 42.3 Å². The van der Waals surface area contributed by atoms with Crippen LogP contribution in [0.4, 0.5) is 4.79 Å². The second-order valence-corrected chi connectivity index (χ2v) is 5.38. The van der Waals surface area contributed by atoms with Gasteiger partial charge in [-0.05, 0) is 18.3 Å². The summed E-state index contributed by atoms with van der Waals surface area (Å²) < 4.78 is 4.59. The number of carbonyl (C=O) groups is 3. The summed E-state index contributed by atoms with van der Waals surface area (Å²) in [5.41, 5.74) is 0. The maximum absolute atomic E-state index is 11.8. The molecule has 0 saturated heterocycles. The first-order chi connectivity index (χ1) is 9.18. The van der Waals surface area contributed by atoms with Crippen LogP contribution in [0.15, 0.2) is 0 Å². The summed E-state index contributed by atoms with van der Waals surface area (Å²) >= 11 is 0. The zero-order valence-electron chi connectivity index (χ0n) is 12.6. The van der Waals surface area contributed by atoms with Crippen molar-refractivity contribution < 1.29 is 24.2 Å². The molecular weight excluding hydrogens is 264 g/mol. The van der Waals surface area contributed by atoms with Gasteiger partial charge in [0.05, 0.1) is 7.11 Å². The lowest BCUT2D eigenvalue weighted by Crippen LogP contribution is -2.53. The van der Waals surface area contributed by atoms with Gasteiger partial charge in [0.15, 0.2) is 0 Å². The molecule has 2 atom stereocenters. The summed E-state index contributed by atoms with van der Waals surface area (Å²) in [5, 5.41) is 13.8. The first kappa shape index (κ1) is 18.2. The molecule has 0 aromatic heterocycles. The highest BCUT2D eigenvalue weighted by molar-refractivity contribution is 5.86. The number of ether oxygens (including phenoxy) is 1. The fourth-order valence-electron chi connectivity index (χ4n) is 1.66. The Morgan fingerprint density at radius 3 is 2.00 bits per heavy atom. The van der Waals surface area contributed by atoms with Gasteiger partial charge in [-0.1, -0.05) is 27.7 Å². The van der Waals surface area contributed by atoms with Gasteiger partial charge in [-0.3, -0.25) is 0 Å². The smallest absolute Gasteiger partial charge is 0.328 e. The normalized spacial score (nSPS) is 13.8. The molecule has 0 heterocycles. The molecule has 7 heteroatoms. The maximum atomic E-state index is 11.8. The van der Waals surface area contributed by atoms with Gasteiger partial charge in [-0.25, -0.2) is 14.4 Å². The molecule has 0 fully saturated rings. The van der Waals surface area contributed by atoms with Crippen LogP contribution >= 0.6 is 0 Å². The molecule has 116 valence electrons. The molecule has 7 nitrogen and oxygen atoms in total. The summed E-state index contributed by atoms with van der Waals surface area (Å²) in [6, 6.07) is -2.49. The van der Waals surface area contributed by atoms with E-state index in [1.165, 1.54) is 7.11 Å². The minimum Gasteiger partial charge on any atom is -0.480 e. The summed E-state index contributed by atoms with van der Waals surface area (Å²) in [4.78, 5) is 34.3. The number of carboxylic acid groups (broad SMARTS) is 1. The first-order valence-corrected chi connectivity index (χ1v) is 6.56. The number of esters is 1. The van der Waals surface area contributed by atoms with Crippen molar-refractivity contribution in [2.75, 3.05) is 7.11 Å². The van der Waals surface area contributed by atoms with Crippen LogP contribution in [0.5, 0.6) is 0 Å². The van der Waals surface area contributed by atoms with Gasteiger partial charge in [0.2, 0.25) is 0 Å². The Morgan fingerprint density at radius 1 is 1.10 bits per heavy atom. The van der Waals surface area contributed by atoms with Crippen molar-refractivity contribution in [3.63, 3.8) is 0 Å². The predicted octanol–water partition coefficient (Wildman–Crippen LogP) is 0.982. The van der Waals surface area contributed by atoms with Crippen molar-refractivity contribution in [2.24, 2.45) is 11.8 Å². The summed E-state index contributed by atoms with van der Waals surface area (Å²) in [5.74, 6) is -1.71. The standard InChI is InChI=1S/C13H24N2O5/c1-7(2)6-9(11(16)17)14-13(19)15-10(8(3)4)12(18)20-5/h7-10H,6H2,1-5H3,(H,16,17)(H2,14,15,19). The van der Waals surface area contributed by atoms with Gasteiger partial charge in [-0.15, -0.1) is 0 Å². The summed E-state index contributed by atoms with van der Waals surface area (Å²) in [7, 11) is 1.23. The third-order valence-electron chi connectivity index (χ3n) is 2.72. The highest BCUT2D eigenvalue weighted by atomic mass is 16.5. The van der Waals surface area contributed by atoms with E-state index in [2.05, 4.69) is 15.4 Å². The largest absolute Gasteiger partial charge is 0.480 e. The van der Waals surface area contributed by atoms with Crippen LogP contribution in [0.25, 0.3) is 0 Å². The van der Waals surface area contributed by atoms with E-state index in [0.717, 1.165) is 0 Å². The van der Waals surface area contributed by atoms with E-state index < -0.39 is 30.1 Å². The third kappa shape index (κ3) is 6.40. The molecule has 0 aliphatic carbocycles. The van der Waals surface area contributed by atoms with Gasteiger partial charge in [-0.2, -0.15) is 0 Å². The van der Waals surface area contributed by atoms with Crippen LogP contribution in [0.2, 0.25) is 0 Å². The molecule has 0 spiro atoms. The lowest BCUT2D eigenvalue weighted by atomic mass is 10.0. The van der Waals surface area contributed by atoms with Crippen molar-refractivity contribution in [3.8, 4) is 0 Å². The lowest BCUT2D eigenvalue weighted by molar-refractivity contribution is -0.144. The van der Waals surface area contributed by atoms with Gasteiger partial charge in [0, 0.05) is 0 Å². The molecule has 0 bridgehead atoms. The van der Waals surface area contributed by atoms with E-state index in [1.54, 1.807) is 13.8 Å². The number of methoxy groups -OCH3 is 1. The molecule has 0 aromatic carbocycles. The van der Waals surface area contributed by atoms with E-state index in [1.807, 2.05) is 13.8 Å². The number of rotatable bonds is 7. The molecule has 0 aliphatic heterocycles. The molecule has 2 amide bonds. The number of hydrogen-bond donors (Lipinski definition) is 3. The lowest BCUT2D eigenvalue weighted by Gasteiger charge is -2.22. The number of urea groups is 1. The number of aliphatic carboxylic acids is 1. The second kappa shape index (κ2) is 8.39. The first-order valence-electron chi connectivity index (χ1n) is 6.56. The van der Waals surface area contributed by atoms with E-state index in [-0.39, 0.29) is 11.8 Å². The van der Waals surface area contributed by atoms with Crippen molar-refractivity contribution in [2.45, 2.75) is 46.2 Å². The number of amides is 2. The zero-order chi connectivity index (χ0) is 15.9.